The number of methoxy groups -OCH3 is 1. The van der Waals surface area contributed by atoms with Crippen molar-refractivity contribution in [2.75, 3.05) is 7.11 Å². The Labute approximate surface area is 119 Å². The van der Waals surface area contributed by atoms with Gasteiger partial charge < -0.3 is 4.74 Å². The number of imidazole rings is 1. The first-order valence-corrected chi connectivity index (χ1v) is 6.17. The zero-order chi connectivity index (χ0) is 14.4. The first-order valence-electron chi connectivity index (χ1n) is 5.09. The van der Waals surface area contributed by atoms with Crippen LogP contribution in [0.3, 0.4) is 0 Å². The van der Waals surface area contributed by atoms with Crippen LogP contribution in [0.2, 0.25) is 0 Å². The van der Waals surface area contributed by atoms with Gasteiger partial charge in [-0.3, -0.25) is 4.40 Å². The lowest BCUT2D eigenvalue weighted by Gasteiger charge is -2.09. The van der Waals surface area contributed by atoms with E-state index in [-0.39, 0.29) is 17.0 Å². The summed E-state index contributed by atoms with van der Waals surface area (Å²) in [5.74, 6) is -0.722. The van der Waals surface area contributed by atoms with Gasteiger partial charge in [0.25, 0.3) is 0 Å². The maximum absolute atomic E-state index is 12.9. The Hall–Kier alpha value is -1.32. The first kappa shape index (κ1) is 14.1. The summed E-state index contributed by atoms with van der Waals surface area (Å²) in [4.78, 5) is 15.4. The Kier molecular flexibility index (Phi) is 3.45. The molecule has 2 aromatic heterocycles. The second-order valence-corrected chi connectivity index (χ2v) is 5.05. The molecule has 0 atom stereocenters. The van der Waals surface area contributed by atoms with Gasteiger partial charge in [0.1, 0.15) is 5.65 Å². The number of aryl methyl sites for hydroxylation is 1. The number of hydrogen-bond acceptors (Lipinski definition) is 3. The van der Waals surface area contributed by atoms with Gasteiger partial charge in [0, 0.05) is 9.77 Å². The molecule has 2 aromatic rings. The molecule has 0 N–H and O–H groups in total. The molecule has 4 nitrogen and oxygen atoms in total. The molecule has 0 aliphatic carbocycles. The fraction of sp³-hybridized carbons (Fsp3) is 0.273. The van der Waals surface area contributed by atoms with Gasteiger partial charge in [-0.2, -0.15) is 13.2 Å². The maximum atomic E-state index is 12.9. The second-order valence-electron chi connectivity index (χ2n) is 3.80. The lowest BCUT2D eigenvalue weighted by atomic mass is 10.2. The summed E-state index contributed by atoms with van der Waals surface area (Å²) in [6.45, 7) is 1.46. The molecule has 0 aliphatic rings. The number of fused-ring (bicyclic) bond motifs is 1. The van der Waals surface area contributed by atoms with E-state index in [9.17, 15) is 18.0 Å². The normalized spacial score (nSPS) is 11.9. The van der Waals surface area contributed by atoms with E-state index in [2.05, 4.69) is 9.72 Å². The molecular formula is C11H8F3IN2O2. The molecule has 0 spiro atoms. The van der Waals surface area contributed by atoms with Crippen molar-refractivity contribution < 1.29 is 22.7 Å². The fourth-order valence-electron chi connectivity index (χ4n) is 1.78. The van der Waals surface area contributed by atoms with Crippen LogP contribution >= 0.6 is 22.6 Å². The summed E-state index contributed by atoms with van der Waals surface area (Å²) in [7, 11) is 1.17. The molecule has 19 heavy (non-hydrogen) atoms. The fourth-order valence-corrected chi connectivity index (χ4v) is 2.37. The standard InChI is InChI=1S/C11H8F3IN2O2/c1-5-8(10(18)19-2)17-4-6(15)3-7(9(17)16-5)11(12,13)14/h3-4H,1-2H3. The van der Waals surface area contributed by atoms with Crippen molar-refractivity contribution in [1.82, 2.24) is 9.38 Å². The van der Waals surface area contributed by atoms with Crippen molar-refractivity contribution in [3.05, 3.63) is 32.8 Å². The molecule has 2 heterocycles. The average molecular weight is 384 g/mol. The van der Waals surface area contributed by atoms with Gasteiger partial charge in [-0.15, -0.1) is 0 Å². The van der Waals surface area contributed by atoms with E-state index in [1.165, 1.54) is 20.2 Å². The van der Waals surface area contributed by atoms with Gasteiger partial charge >= 0.3 is 12.1 Å². The van der Waals surface area contributed by atoms with Crippen molar-refractivity contribution in [3.8, 4) is 0 Å². The largest absolute Gasteiger partial charge is 0.464 e. The monoisotopic (exact) mass is 384 g/mol. The van der Waals surface area contributed by atoms with Crippen LogP contribution in [-0.4, -0.2) is 22.5 Å². The number of carbonyl (C=O) groups is 1. The second kappa shape index (κ2) is 4.66. The van der Waals surface area contributed by atoms with Gasteiger partial charge in [0.2, 0.25) is 0 Å². The smallest absolute Gasteiger partial charge is 0.420 e. The van der Waals surface area contributed by atoms with Crippen molar-refractivity contribution in [2.24, 2.45) is 0 Å². The molecular weight excluding hydrogens is 376 g/mol. The molecule has 0 fully saturated rings. The quantitative estimate of drug-likeness (QED) is 0.561. The summed E-state index contributed by atoms with van der Waals surface area (Å²) in [5.41, 5.74) is -0.982. The molecule has 0 amide bonds. The van der Waals surface area contributed by atoms with Gasteiger partial charge in [0.05, 0.1) is 18.4 Å². The van der Waals surface area contributed by atoms with E-state index >= 15 is 0 Å². The number of hydrogen-bond donors (Lipinski definition) is 0. The lowest BCUT2D eigenvalue weighted by molar-refractivity contribution is -0.136. The maximum Gasteiger partial charge on any atom is 0.420 e. The van der Waals surface area contributed by atoms with Crippen LogP contribution in [0.25, 0.3) is 5.65 Å². The summed E-state index contributed by atoms with van der Waals surface area (Å²) >= 11 is 1.75. The lowest BCUT2D eigenvalue weighted by Crippen LogP contribution is -2.11. The van der Waals surface area contributed by atoms with Gasteiger partial charge in [-0.25, -0.2) is 9.78 Å². The highest BCUT2D eigenvalue weighted by molar-refractivity contribution is 14.1. The molecule has 0 aromatic carbocycles. The van der Waals surface area contributed by atoms with Crippen LogP contribution in [-0.2, 0) is 10.9 Å². The summed E-state index contributed by atoms with van der Waals surface area (Å²) in [6.07, 6.45) is -3.12. The molecule has 8 heteroatoms. The molecule has 0 bridgehead atoms. The minimum absolute atomic E-state index is 0.00140. The van der Waals surface area contributed by atoms with E-state index in [0.29, 0.717) is 3.57 Å². The molecule has 0 radical (unpaired) electrons. The third kappa shape index (κ3) is 2.40. The number of nitrogens with zero attached hydrogens (tertiary/aromatic N) is 2. The van der Waals surface area contributed by atoms with Crippen LogP contribution in [0.5, 0.6) is 0 Å². The summed E-state index contributed by atoms with van der Waals surface area (Å²) in [6, 6.07) is 0.989. The summed E-state index contributed by atoms with van der Waals surface area (Å²) < 4.78 is 44.9. The highest BCUT2D eigenvalue weighted by atomic mass is 127. The van der Waals surface area contributed by atoms with E-state index in [4.69, 9.17) is 0 Å². The number of carbonyl (C=O) groups excluding carboxylic acids is 1. The van der Waals surface area contributed by atoms with Gasteiger partial charge in [-0.1, -0.05) is 0 Å². The van der Waals surface area contributed by atoms with E-state index in [0.717, 1.165) is 10.5 Å². The number of halogens is 4. The van der Waals surface area contributed by atoms with Crippen molar-refractivity contribution in [1.29, 1.82) is 0 Å². The van der Waals surface area contributed by atoms with Crippen LogP contribution in [0.1, 0.15) is 21.7 Å². The van der Waals surface area contributed by atoms with Crippen molar-refractivity contribution in [3.63, 3.8) is 0 Å². The number of ether oxygens (including phenoxy) is 1. The third-order valence-electron chi connectivity index (χ3n) is 2.55. The highest BCUT2D eigenvalue weighted by Gasteiger charge is 2.35. The Morgan fingerprint density at radius 1 is 1.47 bits per heavy atom. The molecule has 102 valence electrons. The van der Waals surface area contributed by atoms with E-state index in [1.807, 2.05) is 0 Å². The van der Waals surface area contributed by atoms with Crippen LogP contribution < -0.4 is 0 Å². The number of alkyl halides is 3. The highest BCUT2D eigenvalue weighted by Crippen LogP contribution is 2.34. The minimum atomic E-state index is -4.53. The Morgan fingerprint density at radius 2 is 2.11 bits per heavy atom. The Bertz CT molecular complexity index is 664. The van der Waals surface area contributed by atoms with Crippen LogP contribution in [0, 0.1) is 10.5 Å². The van der Waals surface area contributed by atoms with E-state index < -0.39 is 17.7 Å². The third-order valence-corrected chi connectivity index (χ3v) is 3.14. The first-order chi connectivity index (χ1) is 8.75. The molecule has 0 aliphatic heterocycles. The minimum Gasteiger partial charge on any atom is -0.464 e. The average Bonchev–Trinajstić information content (AvgIpc) is 2.62. The number of pyridine rings is 1. The number of esters is 1. The zero-order valence-electron chi connectivity index (χ0n) is 9.88. The van der Waals surface area contributed by atoms with Crippen molar-refractivity contribution in [2.45, 2.75) is 13.1 Å². The van der Waals surface area contributed by atoms with Crippen LogP contribution in [0.4, 0.5) is 13.2 Å². The topological polar surface area (TPSA) is 43.6 Å². The number of aromatic nitrogens is 2. The summed E-state index contributed by atoms with van der Waals surface area (Å²) in [5, 5.41) is 0. The Balaban J connectivity index is 2.86. The van der Waals surface area contributed by atoms with Gasteiger partial charge in [0.15, 0.2) is 5.69 Å². The number of rotatable bonds is 1. The zero-order valence-corrected chi connectivity index (χ0v) is 12.0. The van der Waals surface area contributed by atoms with Gasteiger partial charge in [-0.05, 0) is 35.6 Å². The predicted molar refractivity (Wildman–Crippen MR) is 69.0 cm³/mol. The van der Waals surface area contributed by atoms with Crippen LogP contribution in [0.15, 0.2) is 12.3 Å². The van der Waals surface area contributed by atoms with Crippen molar-refractivity contribution >= 4 is 34.2 Å². The Morgan fingerprint density at radius 3 is 2.63 bits per heavy atom. The van der Waals surface area contributed by atoms with E-state index in [1.54, 1.807) is 22.6 Å². The molecule has 0 saturated carbocycles. The molecule has 0 saturated heterocycles. The molecule has 2 rings (SSSR count). The SMILES string of the molecule is COC(=O)c1c(C)nc2c(C(F)(F)F)cc(I)cn12. The predicted octanol–water partition coefficient (Wildman–Crippen LogP) is 3.05. The molecule has 0 unspecified atom stereocenters.